The van der Waals surface area contributed by atoms with Gasteiger partial charge in [-0.25, -0.2) is 0 Å². The molecule has 2 fully saturated rings. The van der Waals surface area contributed by atoms with Crippen molar-refractivity contribution in [1.82, 2.24) is 55.2 Å². The number of carbonyl (C=O) groups is 8. The summed E-state index contributed by atoms with van der Waals surface area (Å²) in [5.74, 6) is -5.51. The van der Waals surface area contributed by atoms with Gasteiger partial charge in [-0.15, -0.1) is 10.2 Å². The largest absolute Gasteiger partial charge is 0.508 e. The van der Waals surface area contributed by atoms with Crippen molar-refractivity contribution in [3.05, 3.63) is 53.3 Å². The Balaban J connectivity index is 0.931. The summed E-state index contributed by atoms with van der Waals surface area (Å²) >= 11 is 0. The van der Waals surface area contributed by atoms with Gasteiger partial charge >= 0.3 is 23.9 Å². The van der Waals surface area contributed by atoms with E-state index in [0.29, 0.717) is 17.2 Å². The van der Waals surface area contributed by atoms with Crippen molar-refractivity contribution in [3.63, 3.8) is 0 Å². The van der Waals surface area contributed by atoms with Gasteiger partial charge in [-0.3, -0.25) is 62.5 Å². The number of rotatable bonds is 35. The van der Waals surface area contributed by atoms with Crippen molar-refractivity contribution >= 4 is 47.5 Å². The summed E-state index contributed by atoms with van der Waals surface area (Å²) in [6.07, 6.45) is 2.51. The molecule has 2 aliphatic heterocycles. The van der Waals surface area contributed by atoms with Crippen LogP contribution in [-0.2, 0) is 58.9 Å². The molecule has 1 unspecified atom stereocenters. The highest BCUT2D eigenvalue weighted by Gasteiger charge is 2.30. The van der Waals surface area contributed by atoms with Gasteiger partial charge in [-0.05, 0) is 66.8 Å². The molecule has 29 nitrogen and oxygen atoms in total. The van der Waals surface area contributed by atoms with Gasteiger partial charge in [0.2, 0.25) is 23.5 Å². The number of phenolic OH excluding ortho intramolecular Hbond substituents is 2. The first-order valence-electron chi connectivity index (χ1n) is 29.5. The lowest BCUT2D eigenvalue weighted by Crippen LogP contribution is -2.52. The Morgan fingerprint density at radius 2 is 1.08 bits per heavy atom. The van der Waals surface area contributed by atoms with Crippen LogP contribution in [0, 0.1) is 5.92 Å². The fourth-order valence-corrected chi connectivity index (χ4v) is 10.1. The number of likely N-dealkylation sites (tertiary alicyclic amines) is 1. The second-order valence-corrected chi connectivity index (χ2v) is 21.7. The number of carbonyl (C=O) groups excluding carboxylic acids is 4. The van der Waals surface area contributed by atoms with Gasteiger partial charge < -0.3 is 70.4 Å². The Morgan fingerprint density at radius 3 is 1.60 bits per heavy atom. The van der Waals surface area contributed by atoms with E-state index in [1.165, 1.54) is 6.07 Å². The normalized spacial score (nSPS) is 15.7. The predicted octanol–water partition coefficient (Wildman–Crippen LogP) is 0.397. The van der Waals surface area contributed by atoms with E-state index in [2.05, 4.69) is 26.1 Å². The van der Waals surface area contributed by atoms with Crippen molar-refractivity contribution < 1.29 is 87.9 Å². The predicted molar refractivity (Wildman–Crippen MR) is 314 cm³/mol. The monoisotopic (exact) mass is 1230 g/mol. The Morgan fingerprint density at radius 1 is 0.586 bits per heavy atom. The highest BCUT2D eigenvalue weighted by Crippen LogP contribution is 2.38. The molecule has 0 saturated carbocycles. The van der Waals surface area contributed by atoms with E-state index in [0.717, 1.165) is 37.9 Å². The van der Waals surface area contributed by atoms with Crippen molar-refractivity contribution in [2.75, 3.05) is 158 Å². The molecule has 0 radical (unpaired) electrons. The van der Waals surface area contributed by atoms with Gasteiger partial charge in [0, 0.05) is 117 Å². The van der Waals surface area contributed by atoms with Crippen LogP contribution in [0.1, 0.15) is 80.5 Å². The average molecular weight is 1230 g/mol. The Kier molecular flexibility index (Phi) is 30.2. The maximum absolute atomic E-state index is 13.7. The summed E-state index contributed by atoms with van der Waals surface area (Å²) in [6.45, 7) is 9.23. The number of carboxylic acids is 4. The number of carboxylic acid groups (broad SMARTS) is 4. The van der Waals surface area contributed by atoms with Crippen molar-refractivity contribution in [3.8, 4) is 28.6 Å². The van der Waals surface area contributed by atoms with E-state index in [1.807, 2.05) is 43.0 Å². The molecule has 2 aliphatic rings. The van der Waals surface area contributed by atoms with Gasteiger partial charge in [0.15, 0.2) is 5.82 Å². The van der Waals surface area contributed by atoms with E-state index >= 15 is 0 Å². The summed E-state index contributed by atoms with van der Waals surface area (Å²) in [5.41, 5.74) is 2.51. The van der Waals surface area contributed by atoms with Crippen molar-refractivity contribution in [1.29, 1.82) is 0 Å². The third-order valence-electron chi connectivity index (χ3n) is 14.9. The van der Waals surface area contributed by atoms with Crippen LogP contribution in [0.5, 0.6) is 11.5 Å². The summed E-state index contributed by atoms with van der Waals surface area (Å²) in [6, 6.07) is 9.42. The lowest BCUT2D eigenvalue weighted by molar-refractivity contribution is -0.145. The standard InChI is InChI=1S/C58H87N11O18/c1-40(2)45-35-46(49(72)36-48(45)71)55-62-63-56(69(55)44-6-4-42(5-7-44)34-43-10-16-67(17-11-43)41(3)70)57(81)61-14-13-59-51(74)12-26-84-28-30-86-32-33-87-31-29-85-27-15-60-50(73)9-8-47(58(82)83)68-24-22-65(38-53(77)78)20-18-64(37-52(75)76)19-21-66(23-25-68)39-54(79)80/h4-7,35-36,40,43,47,71-72H,8-34,37-39H2,1-3H3,(H,59,74)(H,60,73)(H,61,81)(H,75,76)(H,77,78)(H,79,80)(H,82,83). The summed E-state index contributed by atoms with van der Waals surface area (Å²) in [7, 11) is 0. The van der Waals surface area contributed by atoms with Gasteiger partial charge in [0.25, 0.3) is 5.91 Å². The third-order valence-corrected chi connectivity index (χ3v) is 14.9. The number of aromatic nitrogens is 3. The maximum atomic E-state index is 13.7. The van der Waals surface area contributed by atoms with Crippen LogP contribution in [0.25, 0.3) is 17.1 Å². The van der Waals surface area contributed by atoms with Crippen molar-refractivity contribution in [2.24, 2.45) is 5.92 Å². The van der Waals surface area contributed by atoms with Gasteiger partial charge in [-0.2, -0.15) is 0 Å². The Bertz CT molecular complexity index is 2670. The number of aliphatic carboxylic acids is 4. The number of amides is 4. The average Bonchev–Trinajstić information content (AvgIpc) is 1.85. The maximum Gasteiger partial charge on any atom is 0.320 e. The molecular weight excluding hydrogens is 1140 g/mol. The van der Waals surface area contributed by atoms with E-state index in [9.17, 15) is 69.0 Å². The molecule has 0 spiro atoms. The first-order chi connectivity index (χ1) is 41.7. The molecule has 0 bridgehead atoms. The van der Waals surface area contributed by atoms with Crippen LogP contribution in [-0.4, -0.2) is 281 Å². The zero-order valence-corrected chi connectivity index (χ0v) is 50.1. The molecule has 4 amide bonds. The molecule has 9 N–H and O–H groups in total. The smallest absolute Gasteiger partial charge is 0.320 e. The molecule has 3 aromatic rings. The molecule has 1 aromatic heterocycles. The molecule has 2 aromatic carbocycles. The summed E-state index contributed by atoms with van der Waals surface area (Å²) in [4.78, 5) is 106. The molecule has 3 heterocycles. The van der Waals surface area contributed by atoms with E-state index in [-0.39, 0.29) is 210 Å². The SMILES string of the molecule is CC(=O)N1CCC(Cc2ccc(-n3c(C(=O)NCCNC(=O)CCOCCOCCOCCOCCNC(=O)CCC(C(=O)O)N4CCN(CC(=O)O)CCN(CC(=O)O)CCN(CC(=O)O)CC4)nnc3-c3cc(C(C)C)c(O)cc3O)cc2)CC1. The minimum absolute atomic E-state index is 0.0533. The number of benzene rings is 2. The van der Waals surface area contributed by atoms with E-state index in [1.54, 1.807) is 37.2 Å². The number of aromatic hydroxyl groups is 2. The van der Waals surface area contributed by atoms with Crippen LogP contribution < -0.4 is 16.0 Å². The first kappa shape index (κ1) is 70.4. The number of piperidine rings is 1. The van der Waals surface area contributed by atoms with Gasteiger partial charge in [0.05, 0.1) is 78.1 Å². The van der Waals surface area contributed by atoms with Crippen LogP contribution in [0.2, 0.25) is 0 Å². The topological polar surface area (TPSA) is 378 Å². The molecule has 87 heavy (non-hydrogen) atoms. The fraction of sp³-hybridized carbons (Fsp3) is 0.621. The number of nitrogens with zero attached hydrogens (tertiary/aromatic N) is 8. The second-order valence-electron chi connectivity index (χ2n) is 21.7. The minimum Gasteiger partial charge on any atom is -0.508 e. The molecular formula is C58H87N11O18. The quantitative estimate of drug-likeness (QED) is 0.0360. The highest BCUT2D eigenvalue weighted by atomic mass is 16.6. The molecule has 482 valence electrons. The lowest BCUT2D eigenvalue weighted by atomic mass is 9.90. The Hall–Kier alpha value is -7.38. The summed E-state index contributed by atoms with van der Waals surface area (Å²) < 4.78 is 23.7. The number of ether oxygens (including phenoxy) is 4. The zero-order valence-electron chi connectivity index (χ0n) is 50.1. The number of hydrogen-bond donors (Lipinski definition) is 9. The molecule has 1 atom stereocenters. The minimum atomic E-state index is -1.19. The molecule has 0 aliphatic carbocycles. The lowest BCUT2D eigenvalue weighted by Gasteiger charge is -2.35. The molecule has 5 rings (SSSR count). The second kappa shape index (κ2) is 37.3. The van der Waals surface area contributed by atoms with Crippen LogP contribution >= 0.6 is 0 Å². The summed E-state index contributed by atoms with van der Waals surface area (Å²) in [5, 5.41) is 77.0. The van der Waals surface area contributed by atoms with Gasteiger partial charge in [0.1, 0.15) is 17.5 Å². The van der Waals surface area contributed by atoms with Crippen LogP contribution in [0.4, 0.5) is 0 Å². The number of hydrogen-bond acceptors (Lipinski definition) is 20. The van der Waals surface area contributed by atoms with E-state index in [4.69, 9.17) is 18.9 Å². The zero-order chi connectivity index (χ0) is 63.3. The molecule has 29 heteroatoms. The first-order valence-corrected chi connectivity index (χ1v) is 29.5. The van der Waals surface area contributed by atoms with Crippen LogP contribution in [0.15, 0.2) is 36.4 Å². The number of nitrogens with one attached hydrogen (secondary N) is 3. The fourth-order valence-electron chi connectivity index (χ4n) is 10.1. The van der Waals surface area contributed by atoms with Crippen LogP contribution in [0.3, 0.4) is 0 Å². The molecule has 2 saturated heterocycles. The van der Waals surface area contributed by atoms with E-state index < -0.39 is 41.7 Å². The van der Waals surface area contributed by atoms with Crippen molar-refractivity contribution in [2.45, 2.75) is 71.3 Å². The Labute approximate surface area is 505 Å². The number of phenols is 2. The highest BCUT2D eigenvalue weighted by molar-refractivity contribution is 5.92. The van der Waals surface area contributed by atoms with Gasteiger partial charge in [-0.1, -0.05) is 26.0 Å². The third kappa shape index (κ3) is 25.1.